The van der Waals surface area contributed by atoms with Crippen molar-refractivity contribution in [1.82, 2.24) is 14.9 Å². The minimum Gasteiger partial charge on any atom is -0.480 e. The summed E-state index contributed by atoms with van der Waals surface area (Å²) in [6.07, 6.45) is 3.39. The zero-order valence-electron chi connectivity index (χ0n) is 11.7. The Hall–Kier alpha value is -1.88. The van der Waals surface area contributed by atoms with Crippen LogP contribution < -0.4 is 4.74 Å². The van der Waals surface area contributed by atoms with Crippen LogP contribution in [0.3, 0.4) is 0 Å². The van der Waals surface area contributed by atoms with E-state index in [0.717, 1.165) is 10.9 Å². The number of nitrogens with zero attached hydrogens (tertiary/aromatic N) is 2. The highest BCUT2D eigenvalue weighted by atomic mass is 16.5. The predicted molar refractivity (Wildman–Crippen MR) is 74.7 cm³/mol. The molecule has 0 unspecified atom stereocenters. The van der Waals surface area contributed by atoms with Crippen molar-refractivity contribution in [3.05, 3.63) is 24.0 Å². The van der Waals surface area contributed by atoms with E-state index in [2.05, 4.69) is 23.8 Å². The van der Waals surface area contributed by atoms with Crippen molar-refractivity contribution in [2.45, 2.75) is 19.9 Å². The maximum Gasteiger partial charge on any atom is 0.223 e. The SMILES string of the molecule is COc1nccc2[nH]cc(C(=O)CN(C)C(C)C)c12. The number of H-pyrrole nitrogens is 1. The summed E-state index contributed by atoms with van der Waals surface area (Å²) in [5.74, 6) is 0.544. The number of likely N-dealkylation sites (N-methyl/N-ethyl adjacent to an activating group) is 1. The lowest BCUT2D eigenvalue weighted by Gasteiger charge is -2.19. The van der Waals surface area contributed by atoms with Gasteiger partial charge in [-0.3, -0.25) is 9.69 Å². The summed E-state index contributed by atoms with van der Waals surface area (Å²) in [4.78, 5) is 21.6. The molecule has 0 aliphatic carbocycles. The molecule has 1 N–H and O–H groups in total. The molecular formula is C14H19N3O2. The zero-order valence-corrected chi connectivity index (χ0v) is 11.7. The fraction of sp³-hybridized carbons (Fsp3) is 0.429. The van der Waals surface area contributed by atoms with Crippen molar-refractivity contribution in [2.24, 2.45) is 0 Å². The van der Waals surface area contributed by atoms with Gasteiger partial charge >= 0.3 is 0 Å². The molecule has 5 heteroatoms. The highest BCUT2D eigenvalue weighted by Crippen LogP contribution is 2.26. The lowest BCUT2D eigenvalue weighted by Crippen LogP contribution is -2.31. The Morgan fingerprint density at radius 2 is 2.26 bits per heavy atom. The van der Waals surface area contributed by atoms with Gasteiger partial charge in [0.2, 0.25) is 5.88 Å². The van der Waals surface area contributed by atoms with E-state index in [4.69, 9.17) is 4.74 Å². The number of fused-ring (bicyclic) bond motifs is 1. The largest absolute Gasteiger partial charge is 0.480 e. The summed E-state index contributed by atoms with van der Waals surface area (Å²) in [6.45, 7) is 4.50. The molecule has 0 bridgehead atoms. The number of ether oxygens (including phenoxy) is 1. The summed E-state index contributed by atoms with van der Waals surface area (Å²) in [5, 5.41) is 0.757. The number of rotatable bonds is 5. The first-order valence-electron chi connectivity index (χ1n) is 6.28. The van der Waals surface area contributed by atoms with Gasteiger partial charge < -0.3 is 9.72 Å². The third-order valence-corrected chi connectivity index (χ3v) is 3.33. The van der Waals surface area contributed by atoms with Gasteiger partial charge in [0.15, 0.2) is 5.78 Å². The van der Waals surface area contributed by atoms with E-state index in [9.17, 15) is 4.79 Å². The van der Waals surface area contributed by atoms with Gasteiger partial charge in [0.25, 0.3) is 0 Å². The molecule has 2 aromatic rings. The van der Waals surface area contributed by atoms with Gasteiger partial charge in [-0.25, -0.2) is 4.98 Å². The van der Waals surface area contributed by atoms with E-state index in [0.29, 0.717) is 24.0 Å². The van der Waals surface area contributed by atoms with Gasteiger partial charge in [-0.05, 0) is 27.0 Å². The number of carbonyl (C=O) groups excluding carboxylic acids is 1. The first-order valence-corrected chi connectivity index (χ1v) is 6.28. The second kappa shape index (κ2) is 5.40. The molecule has 0 aliphatic heterocycles. The summed E-state index contributed by atoms with van der Waals surface area (Å²) >= 11 is 0. The van der Waals surface area contributed by atoms with Crippen LogP contribution >= 0.6 is 0 Å². The number of hydrogen-bond donors (Lipinski definition) is 1. The Bertz CT molecular complexity index is 589. The minimum atomic E-state index is 0.0637. The van der Waals surface area contributed by atoms with Gasteiger partial charge in [0, 0.05) is 24.0 Å². The number of carbonyl (C=O) groups is 1. The van der Waals surface area contributed by atoms with Crippen LogP contribution in [-0.4, -0.2) is 47.4 Å². The van der Waals surface area contributed by atoms with Gasteiger partial charge in [0.1, 0.15) is 0 Å². The quantitative estimate of drug-likeness (QED) is 0.837. The zero-order chi connectivity index (χ0) is 14.0. The smallest absolute Gasteiger partial charge is 0.223 e. The fourth-order valence-corrected chi connectivity index (χ4v) is 1.91. The van der Waals surface area contributed by atoms with E-state index < -0.39 is 0 Å². The molecule has 0 saturated carbocycles. The molecule has 2 heterocycles. The molecule has 0 aliphatic rings. The lowest BCUT2D eigenvalue weighted by molar-refractivity contribution is 0.0931. The topological polar surface area (TPSA) is 58.2 Å². The molecule has 0 amide bonds. The van der Waals surface area contributed by atoms with Crippen molar-refractivity contribution in [3.8, 4) is 5.88 Å². The van der Waals surface area contributed by atoms with E-state index in [1.165, 1.54) is 0 Å². The normalized spacial score (nSPS) is 11.5. The number of hydrogen-bond acceptors (Lipinski definition) is 4. The van der Waals surface area contributed by atoms with E-state index in [-0.39, 0.29) is 5.78 Å². The van der Waals surface area contributed by atoms with Crippen LogP contribution in [0.5, 0.6) is 5.88 Å². The maximum atomic E-state index is 12.4. The minimum absolute atomic E-state index is 0.0637. The summed E-state index contributed by atoms with van der Waals surface area (Å²) in [6, 6.07) is 2.16. The molecule has 0 radical (unpaired) electrons. The third kappa shape index (κ3) is 2.61. The summed E-state index contributed by atoms with van der Waals surface area (Å²) in [7, 11) is 3.50. The van der Waals surface area contributed by atoms with Crippen molar-refractivity contribution >= 4 is 16.7 Å². The average Bonchev–Trinajstić information content (AvgIpc) is 2.82. The second-order valence-corrected chi connectivity index (χ2v) is 4.88. The van der Waals surface area contributed by atoms with Crippen LogP contribution in [0.1, 0.15) is 24.2 Å². The highest BCUT2D eigenvalue weighted by molar-refractivity contribution is 6.10. The van der Waals surface area contributed by atoms with E-state index in [1.807, 2.05) is 18.0 Å². The van der Waals surface area contributed by atoms with Gasteiger partial charge in [-0.15, -0.1) is 0 Å². The Morgan fingerprint density at radius 1 is 1.53 bits per heavy atom. The molecule has 2 rings (SSSR count). The van der Waals surface area contributed by atoms with Crippen LogP contribution in [-0.2, 0) is 0 Å². The molecule has 0 atom stereocenters. The van der Waals surface area contributed by atoms with Gasteiger partial charge in [0.05, 0.1) is 24.6 Å². The second-order valence-electron chi connectivity index (χ2n) is 4.88. The standard InChI is InChI=1S/C14H19N3O2/c1-9(2)17(3)8-12(18)10-7-16-11-5-6-15-14(19-4)13(10)11/h5-7,9,16H,8H2,1-4H3. The molecule has 19 heavy (non-hydrogen) atoms. The number of methoxy groups -OCH3 is 1. The Morgan fingerprint density at radius 3 is 2.89 bits per heavy atom. The van der Waals surface area contributed by atoms with Crippen LogP contribution in [0.2, 0.25) is 0 Å². The van der Waals surface area contributed by atoms with E-state index >= 15 is 0 Å². The molecule has 0 fully saturated rings. The van der Waals surface area contributed by atoms with Crippen molar-refractivity contribution in [1.29, 1.82) is 0 Å². The Balaban J connectivity index is 2.37. The average molecular weight is 261 g/mol. The fourth-order valence-electron chi connectivity index (χ4n) is 1.91. The predicted octanol–water partition coefficient (Wildman–Crippen LogP) is 2.09. The molecule has 0 spiro atoms. The number of nitrogens with one attached hydrogen (secondary N) is 1. The monoisotopic (exact) mass is 261 g/mol. The number of ketones is 1. The molecule has 5 nitrogen and oxygen atoms in total. The number of Topliss-reactive ketones (excluding diaryl/α,β-unsaturated/α-hetero) is 1. The summed E-state index contributed by atoms with van der Waals surface area (Å²) in [5.41, 5.74) is 1.50. The summed E-state index contributed by atoms with van der Waals surface area (Å²) < 4.78 is 5.23. The molecular weight excluding hydrogens is 242 g/mol. The first-order chi connectivity index (χ1) is 9.04. The lowest BCUT2D eigenvalue weighted by atomic mass is 10.1. The number of aromatic nitrogens is 2. The van der Waals surface area contributed by atoms with Crippen molar-refractivity contribution < 1.29 is 9.53 Å². The van der Waals surface area contributed by atoms with Crippen molar-refractivity contribution in [3.63, 3.8) is 0 Å². The molecule has 0 saturated heterocycles. The maximum absolute atomic E-state index is 12.4. The Kier molecular flexibility index (Phi) is 3.85. The number of aromatic amines is 1. The van der Waals surface area contributed by atoms with Gasteiger partial charge in [-0.2, -0.15) is 0 Å². The Labute approximate surface area is 112 Å². The molecule has 2 aromatic heterocycles. The van der Waals surface area contributed by atoms with Crippen LogP contribution in [0.4, 0.5) is 0 Å². The number of pyridine rings is 1. The molecule has 0 aromatic carbocycles. The first kappa shape index (κ1) is 13.5. The van der Waals surface area contributed by atoms with E-state index in [1.54, 1.807) is 19.5 Å². The van der Waals surface area contributed by atoms with Crippen LogP contribution in [0.15, 0.2) is 18.5 Å². The van der Waals surface area contributed by atoms with Crippen LogP contribution in [0.25, 0.3) is 10.9 Å². The highest BCUT2D eigenvalue weighted by Gasteiger charge is 2.18. The van der Waals surface area contributed by atoms with Crippen LogP contribution in [0, 0.1) is 0 Å². The van der Waals surface area contributed by atoms with Gasteiger partial charge in [-0.1, -0.05) is 0 Å². The van der Waals surface area contributed by atoms with Crippen molar-refractivity contribution in [2.75, 3.05) is 20.7 Å². The molecule has 102 valence electrons. The third-order valence-electron chi connectivity index (χ3n) is 3.33.